The number of nitrogens with zero attached hydrogens (tertiary/aromatic N) is 3. The van der Waals surface area contributed by atoms with Gasteiger partial charge in [0.05, 0.1) is 5.54 Å². The van der Waals surface area contributed by atoms with Crippen LogP contribution < -0.4 is 5.32 Å². The Labute approximate surface area is 150 Å². The second-order valence-electron chi connectivity index (χ2n) is 7.26. The maximum atomic E-state index is 11.9. The van der Waals surface area contributed by atoms with Gasteiger partial charge in [0.15, 0.2) is 0 Å². The van der Waals surface area contributed by atoms with Gasteiger partial charge in [-0.2, -0.15) is 4.98 Å². The average molecular weight is 369 g/mol. The molecule has 0 fully saturated rings. The van der Waals surface area contributed by atoms with Crippen molar-refractivity contribution in [3.8, 4) is 0 Å². The topological polar surface area (TPSA) is 106 Å². The molecule has 0 saturated heterocycles. The predicted octanol–water partition coefficient (Wildman–Crippen LogP) is 3.04. The molecular formula is C16H21ClN4O4. The number of hydrogen-bond acceptors (Lipinski definition) is 5. The minimum Gasteiger partial charge on any atom is -0.477 e. The van der Waals surface area contributed by atoms with Gasteiger partial charge >= 0.3 is 12.1 Å². The first-order valence-electron chi connectivity index (χ1n) is 7.65. The molecule has 2 N–H and O–H groups in total. The van der Waals surface area contributed by atoms with Gasteiger partial charge in [-0.25, -0.2) is 14.6 Å². The molecule has 9 heteroatoms. The van der Waals surface area contributed by atoms with Gasteiger partial charge in [-0.3, -0.25) is 0 Å². The lowest BCUT2D eigenvalue weighted by Crippen LogP contribution is -2.43. The summed E-state index contributed by atoms with van der Waals surface area (Å²) in [6, 6.07) is 1.48. The number of amides is 1. The van der Waals surface area contributed by atoms with Crippen molar-refractivity contribution in [1.82, 2.24) is 19.9 Å². The summed E-state index contributed by atoms with van der Waals surface area (Å²) in [4.78, 5) is 31.6. The molecule has 0 unspecified atom stereocenters. The van der Waals surface area contributed by atoms with Crippen molar-refractivity contribution in [3.05, 3.63) is 23.2 Å². The standard InChI is InChI=1S/C16H21ClN4O4/c1-15(2,3)25-14(24)19-8-16(4,5)21-10(12(22)23)6-9-7-18-13(17)20-11(9)21/h6-7H,8H2,1-5H3,(H,19,24)(H,22,23). The first-order chi connectivity index (χ1) is 11.4. The van der Waals surface area contributed by atoms with E-state index in [9.17, 15) is 14.7 Å². The normalized spacial score (nSPS) is 12.2. The molecule has 0 bridgehead atoms. The van der Waals surface area contributed by atoms with Gasteiger partial charge in [0.1, 0.15) is 16.9 Å². The summed E-state index contributed by atoms with van der Waals surface area (Å²) in [5.41, 5.74) is -1.01. The van der Waals surface area contributed by atoms with E-state index in [2.05, 4.69) is 15.3 Å². The van der Waals surface area contributed by atoms with Crippen LogP contribution in [-0.2, 0) is 10.3 Å². The number of hydrogen-bond donors (Lipinski definition) is 2. The van der Waals surface area contributed by atoms with E-state index in [-0.39, 0.29) is 17.5 Å². The Kier molecular flexibility index (Phi) is 4.94. The van der Waals surface area contributed by atoms with E-state index in [4.69, 9.17) is 16.3 Å². The van der Waals surface area contributed by atoms with Crippen molar-refractivity contribution in [2.45, 2.75) is 45.8 Å². The Morgan fingerprint density at radius 3 is 2.52 bits per heavy atom. The number of aromatic carboxylic acids is 1. The molecule has 2 aromatic heterocycles. The van der Waals surface area contributed by atoms with Gasteiger partial charge in [-0.15, -0.1) is 0 Å². The summed E-state index contributed by atoms with van der Waals surface area (Å²) < 4.78 is 6.74. The predicted molar refractivity (Wildman–Crippen MR) is 93.1 cm³/mol. The highest BCUT2D eigenvalue weighted by molar-refractivity contribution is 6.28. The zero-order valence-electron chi connectivity index (χ0n) is 14.8. The second kappa shape index (κ2) is 6.51. The van der Waals surface area contributed by atoms with E-state index in [0.29, 0.717) is 11.0 Å². The third-order valence-corrected chi connectivity index (χ3v) is 3.58. The highest BCUT2D eigenvalue weighted by Crippen LogP contribution is 2.27. The van der Waals surface area contributed by atoms with Crippen LogP contribution >= 0.6 is 11.6 Å². The molecule has 1 amide bonds. The first kappa shape index (κ1) is 19.0. The minimum absolute atomic E-state index is 0.0136. The molecule has 8 nitrogen and oxygen atoms in total. The SMILES string of the molecule is CC(C)(C)OC(=O)NCC(C)(C)n1c(C(=O)O)cc2cnc(Cl)nc21. The van der Waals surface area contributed by atoms with Crippen molar-refractivity contribution >= 4 is 34.7 Å². The lowest BCUT2D eigenvalue weighted by molar-refractivity contribution is 0.0508. The number of aromatic nitrogens is 3. The Morgan fingerprint density at radius 1 is 1.32 bits per heavy atom. The Bertz CT molecular complexity index is 823. The average Bonchev–Trinajstić information content (AvgIpc) is 2.83. The smallest absolute Gasteiger partial charge is 0.407 e. The second-order valence-corrected chi connectivity index (χ2v) is 7.59. The molecule has 0 aliphatic rings. The zero-order chi connectivity index (χ0) is 19.0. The lowest BCUT2D eigenvalue weighted by atomic mass is 10.0. The quantitative estimate of drug-likeness (QED) is 0.803. The fourth-order valence-corrected chi connectivity index (χ4v) is 2.55. The number of rotatable bonds is 4. The molecule has 0 saturated carbocycles. The van der Waals surface area contributed by atoms with Crippen LogP contribution in [0.25, 0.3) is 11.0 Å². The third kappa shape index (κ3) is 4.39. The number of alkyl carbamates (subject to hydrolysis) is 1. The number of carboxylic acids is 1. The van der Waals surface area contributed by atoms with Crippen LogP contribution in [0.5, 0.6) is 0 Å². The Balaban J connectivity index is 2.37. The molecule has 25 heavy (non-hydrogen) atoms. The van der Waals surface area contributed by atoms with Gasteiger partial charge in [0.25, 0.3) is 0 Å². The fraction of sp³-hybridized carbons (Fsp3) is 0.500. The van der Waals surface area contributed by atoms with Gasteiger partial charge in [0.2, 0.25) is 5.28 Å². The first-order valence-corrected chi connectivity index (χ1v) is 8.03. The van der Waals surface area contributed by atoms with Crippen LogP contribution in [0.3, 0.4) is 0 Å². The van der Waals surface area contributed by atoms with E-state index in [1.54, 1.807) is 34.6 Å². The van der Waals surface area contributed by atoms with Gasteiger partial charge in [-0.1, -0.05) is 0 Å². The summed E-state index contributed by atoms with van der Waals surface area (Å²) >= 11 is 5.86. The number of fused-ring (bicyclic) bond motifs is 1. The summed E-state index contributed by atoms with van der Waals surface area (Å²) in [5.74, 6) is -1.11. The highest BCUT2D eigenvalue weighted by atomic mass is 35.5. The Hall–Kier alpha value is -2.35. The van der Waals surface area contributed by atoms with Crippen molar-refractivity contribution < 1.29 is 19.4 Å². The van der Waals surface area contributed by atoms with Crippen LogP contribution in [0.15, 0.2) is 12.3 Å². The number of nitrogens with one attached hydrogen (secondary N) is 1. The lowest BCUT2D eigenvalue weighted by Gasteiger charge is -2.30. The van der Waals surface area contributed by atoms with E-state index in [0.717, 1.165) is 0 Å². The zero-order valence-corrected chi connectivity index (χ0v) is 15.5. The number of carbonyl (C=O) groups excluding carboxylic acids is 1. The third-order valence-electron chi connectivity index (χ3n) is 3.40. The van der Waals surface area contributed by atoms with Gasteiger partial charge in [-0.05, 0) is 52.3 Å². The van der Waals surface area contributed by atoms with Crippen molar-refractivity contribution in [3.63, 3.8) is 0 Å². The minimum atomic E-state index is -1.11. The van der Waals surface area contributed by atoms with E-state index >= 15 is 0 Å². The maximum absolute atomic E-state index is 11.9. The molecule has 2 aromatic rings. The monoisotopic (exact) mass is 368 g/mol. The molecule has 0 aliphatic heterocycles. The molecule has 0 aliphatic carbocycles. The molecule has 2 rings (SSSR count). The summed E-state index contributed by atoms with van der Waals surface area (Å²) in [6.45, 7) is 8.99. The number of ether oxygens (including phenoxy) is 1. The van der Waals surface area contributed by atoms with E-state index in [1.807, 2.05) is 0 Å². The van der Waals surface area contributed by atoms with Gasteiger partial charge in [0, 0.05) is 18.1 Å². The Morgan fingerprint density at radius 2 is 1.96 bits per heavy atom. The summed E-state index contributed by atoms with van der Waals surface area (Å²) in [7, 11) is 0. The van der Waals surface area contributed by atoms with Crippen LogP contribution in [0.1, 0.15) is 45.1 Å². The van der Waals surface area contributed by atoms with Crippen molar-refractivity contribution in [2.75, 3.05) is 6.54 Å². The molecule has 2 heterocycles. The number of carbonyl (C=O) groups is 2. The van der Waals surface area contributed by atoms with Crippen LogP contribution in [0.4, 0.5) is 4.79 Å². The molecule has 0 aromatic carbocycles. The molecule has 0 spiro atoms. The molecule has 0 radical (unpaired) electrons. The van der Waals surface area contributed by atoms with Crippen molar-refractivity contribution in [2.24, 2.45) is 0 Å². The van der Waals surface area contributed by atoms with Gasteiger partial charge < -0.3 is 19.7 Å². The molecule has 0 atom stereocenters. The largest absolute Gasteiger partial charge is 0.477 e. The van der Waals surface area contributed by atoms with Crippen LogP contribution in [0.2, 0.25) is 5.28 Å². The fourth-order valence-electron chi connectivity index (χ4n) is 2.42. The number of carboxylic acid groups (broad SMARTS) is 1. The maximum Gasteiger partial charge on any atom is 0.407 e. The highest BCUT2D eigenvalue weighted by Gasteiger charge is 2.30. The summed E-state index contributed by atoms with van der Waals surface area (Å²) in [5, 5.41) is 12.7. The van der Waals surface area contributed by atoms with E-state index in [1.165, 1.54) is 16.8 Å². The van der Waals surface area contributed by atoms with Crippen LogP contribution in [0, 0.1) is 0 Å². The summed E-state index contributed by atoms with van der Waals surface area (Å²) in [6.07, 6.45) is 0.881. The van der Waals surface area contributed by atoms with Crippen molar-refractivity contribution in [1.29, 1.82) is 0 Å². The molecule has 136 valence electrons. The van der Waals surface area contributed by atoms with E-state index < -0.39 is 23.2 Å². The van der Waals surface area contributed by atoms with Crippen LogP contribution in [-0.4, -0.2) is 43.8 Å². The molecular weight excluding hydrogens is 348 g/mol. The number of halogens is 1.